The van der Waals surface area contributed by atoms with Crippen molar-refractivity contribution < 1.29 is 4.79 Å². The normalized spacial score (nSPS) is 10.1. The summed E-state index contributed by atoms with van der Waals surface area (Å²) in [5.74, 6) is -0.246. The molecule has 2 rings (SSSR count). The standard InChI is InChI=1S/C12H11BrN6O/c13-10-3-8(4-14)1-2-11(10)16-12(20)7-19-6-9(5-15)17-18-19/h1-3,6H,5,7,15H2,(H,16,20). The number of hydrogen-bond donors (Lipinski definition) is 2. The molecule has 0 fully saturated rings. The maximum absolute atomic E-state index is 11.9. The molecule has 1 amide bonds. The number of carbonyl (C=O) groups is 1. The summed E-state index contributed by atoms with van der Waals surface area (Å²) in [5.41, 5.74) is 7.14. The summed E-state index contributed by atoms with van der Waals surface area (Å²) in [7, 11) is 0. The average molecular weight is 335 g/mol. The summed E-state index contributed by atoms with van der Waals surface area (Å²) in [5, 5.41) is 19.1. The van der Waals surface area contributed by atoms with Crippen LogP contribution in [0.3, 0.4) is 0 Å². The molecular weight excluding hydrogens is 324 g/mol. The number of rotatable bonds is 4. The van der Waals surface area contributed by atoms with Gasteiger partial charge in [-0.05, 0) is 34.1 Å². The van der Waals surface area contributed by atoms with Crippen molar-refractivity contribution in [3.05, 3.63) is 40.1 Å². The monoisotopic (exact) mass is 334 g/mol. The van der Waals surface area contributed by atoms with E-state index in [9.17, 15) is 4.79 Å². The number of nitrogens with zero attached hydrogens (tertiary/aromatic N) is 4. The lowest BCUT2D eigenvalue weighted by Gasteiger charge is -2.07. The third-order valence-electron chi connectivity index (χ3n) is 2.47. The van der Waals surface area contributed by atoms with Crippen LogP contribution in [-0.4, -0.2) is 20.9 Å². The van der Waals surface area contributed by atoms with Crippen LogP contribution in [0.15, 0.2) is 28.9 Å². The number of halogens is 1. The summed E-state index contributed by atoms with van der Waals surface area (Å²) < 4.78 is 2.06. The molecule has 0 aliphatic rings. The van der Waals surface area contributed by atoms with Gasteiger partial charge in [0.15, 0.2) is 0 Å². The maximum atomic E-state index is 11.9. The van der Waals surface area contributed by atoms with E-state index < -0.39 is 0 Å². The summed E-state index contributed by atoms with van der Waals surface area (Å²) in [4.78, 5) is 11.9. The van der Waals surface area contributed by atoms with Gasteiger partial charge < -0.3 is 11.1 Å². The van der Waals surface area contributed by atoms with Crippen molar-refractivity contribution in [3.8, 4) is 6.07 Å². The zero-order valence-electron chi connectivity index (χ0n) is 10.4. The molecule has 0 aliphatic carbocycles. The molecule has 8 heteroatoms. The minimum Gasteiger partial charge on any atom is -0.325 e. The van der Waals surface area contributed by atoms with Gasteiger partial charge in [0.05, 0.1) is 29.2 Å². The molecule has 0 saturated heterocycles. The molecule has 0 spiro atoms. The van der Waals surface area contributed by atoms with Crippen LogP contribution in [0.2, 0.25) is 0 Å². The molecule has 0 unspecified atom stereocenters. The number of carbonyl (C=O) groups excluding carboxylic acids is 1. The highest BCUT2D eigenvalue weighted by Crippen LogP contribution is 2.23. The van der Waals surface area contributed by atoms with Crippen molar-refractivity contribution in [1.29, 1.82) is 5.26 Å². The van der Waals surface area contributed by atoms with Gasteiger partial charge in [-0.25, -0.2) is 4.68 Å². The molecule has 0 radical (unpaired) electrons. The molecule has 3 N–H and O–H groups in total. The first kappa shape index (κ1) is 14.2. The Bertz CT molecular complexity index is 675. The first-order valence-electron chi connectivity index (χ1n) is 5.71. The Kier molecular flexibility index (Phi) is 4.45. The van der Waals surface area contributed by atoms with Crippen LogP contribution < -0.4 is 11.1 Å². The van der Waals surface area contributed by atoms with Crippen molar-refractivity contribution in [2.24, 2.45) is 5.73 Å². The molecule has 1 heterocycles. The highest BCUT2D eigenvalue weighted by atomic mass is 79.9. The van der Waals surface area contributed by atoms with Gasteiger partial charge in [0.2, 0.25) is 5.91 Å². The number of nitriles is 1. The van der Waals surface area contributed by atoms with Crippen molar-refractivity contribution in [2.75, 3.05) is 5.32 Å². The van der Waals surface area contributed by atoms with Gasteiger partial charge in [0.1, 0.15) is 6.54 Å². The lowest BCUT2D eigenvalue weighted by molar-refractivity contribution is -0.116. The highest BCUT2D eigenvalue weighted by Gasteiger charge is 2.08. The SMILES string of the molecule is N#Cc1ccc(NC(=O)Cn2cc(CN)nn2)c(Br)c1. The van der Waals surface area contributed by atoms with Gasteiger partial charge in [-0.2, -0.15) is 5.26 Å². The van der Waals surface area contributed by atoms with Crippen LogP contribution in [0, 0.1) is 11.3 Å². The first-order chi connectivity index (χ1) is 9.62. The quantitative estimate of drug-likeness (QED) is 0.866. The second kappa shape index (κ2) is 6.27. The second-order valence-electron chi connectivity index (χ2n) is 3.97. The fourth-order valence-electron chi connectivity index (χ4n) is 1.53. The fraction of sp³-hybridized carbons (Fsp3) is 0.167. The number of nitrogens with two attached hydrogens (primary N) is 1. The van der Waals surface area contributed by atoms with E-state index in [1.165, 1.54) is 4.68 Å². The van der Waals surface area contributed by atoms with Crippen LogP contribution in [0.4, 0.5) is 5.69 Å². The molecule has 0 atom stereocenters. The Balaban J connectivity index is 2.03. The van der Waals surface area contributed by atoms with Crippen molar-refractivity contribution in [2.45, 2.75) is 13.1 Å². The molecule has 0 aliphatic heterocycles. The van der Waals surface area contributed by atoms with Crippen LogP contribution in [0.5, 0.6) is 0 Å². The molecule has 20 heavy (non-hydrogen) atoms. The number of anilines is 1. The average Bonchev–Trinajstić information content (AvgIpc) is 2.88. The number of aromatic nitrogens is 3. The Labute approximate surface area is 123 Å². The van der Waals surface area contributed by atoms with Crippen LogP contribution in [0.1, 0.15) is 11.3 Å². The molecule has 2 aromatic rings. The van der Waals surface area contributed by atoms with E-state index in [0.29, 0.717) is 21.4 Å². The summed E-state index contributed by atoms with van der Waals surface area (Å²) >= 11 is 3.30. The van der Waals surface area contributed by atoms with Crippen molar-refractivity contribution >= 4 is 27.5 Å². The van der Waals surface area contributed by atoms with Gasteiger partial charge in [-0.3, -0.25) is 4.79 Å². The summed E-state index contributed by atoms with van der Waals surface area (Å²) in [6.07, 6.45) is 1.62. The minimum absolute atomic E-state index is 0.0411. The lowest BCUT2D eigenvalue weighted by atomic mass is 10.2. The van der Waals surface area contributed by atoms with Crippen molar-refractivity contribution in [1.82, 2.24) is 15.0 Å². The fourth-order valence-corrected chi connectivity index (χ4v) is 2.01. The maximum Gasteiger partial charge on any atom is 0.246 e. The zero-order valence-corrected chi connectivity index (χ0v) is 12.0. The number of benzene rings is 1. The van der Waals surface area contributed by atoms with Gasteiger partial charge >= 0.3 is 0 Å². The summed E-state index contributed by atoms with van der Waals surface area (Å²) in [6.45, 7) is 0.322. The molecule has 0 saturated carbocycles. The van der Waals surface area contributed by atoms with Crippen molar-refractivity contribution in [3.63, 3.8) is 0 Å². The lowest BCUT2D eigenvalue weighted by Crippen LogP contribution is -2.19. The van der Waals surface area contributed by atoms with E-state index >= 15 is 0 Å². The highest BCUT2D eigenvalue weighted by molar-refractivity contribution is 9.10. The summed E-state index contributed by atoms with van der Waals surface area (Å²) in [6, 6.07) is 6.94. The van der Waals surface area contributed by atoms with E-state index in [1.807, 2.05) is 6.07 Å². The number of amides is 1. The Hall–Kier alpha value is -2.24. The van der Waals surface area contributed by atoms with E-state index in [4.69, 9.17) is 11.0 Å². The van der Waals surface area contributed by atoms with E-state index in [2.05, 4.69) is 31.6 Å². The van der Waals surface area contributed by atoms with Gasteiger partial charge in [0, 0.05) is 11.0 Å². The van der Waals surface area contributed by atoms with E-state index in [-0.39, 0.29) is 19.0 Å². The number of hydrogen-bond acceptors (Lipinski definition) is 5. The Morgan fingerprint density at radius 1 is 1.55 bits per heavy atom. The number of nitrogens with one attached hydrogen (secondary N) is 1. The third-order valence-corrected chi connectivity index (χ3v) is 3.13. The minimum atomic E-state index is -0.246. The largest absolute Gasteiger partial charge is 0.325 e. The predicted molar refractivity (Wildman–Crippen MR) is 75.4 cm³/mol. The van der Waals surface area contributed by atoms with Crippen LogP contribution >= 0.6 is 15.9 Å². The van der Waals surface area contributed by atoms with Crippen LogP contribution in [0.25, 0.3) is 0 Å². The van der Waals surface area contributed by atoms with Gasteiger partial charge in [0.25, 0.3) is 0 Å². The topological polar surface area (TPSA) is 110 Å². The molecule has 7 nitrogen and oxygen atoms in total. The third kappa shape index (κ3) is 3.40. The van der Waals surface area contributed by atoms with E-state index in [0.717, 1.165) is 0 Å². The van der Waals surface area contributed by atoms with E-state index in [1.54, 1.807) is 24.4 Å². The molecule has 0 bridgehead atoms. The second-order valence-corrected chi connectivity index (χ2v) is 4.82. The molecule has 1 aromatic carbocycles. The van der Waals surface area contributed by atoms with Gasteiger partial charge in [-0.1, -0.05) is 5.21 Å². The molecular formula is C12H11BrN6O. The van der Waals surface area contributed by atoms with Gasteiger partial charge in [-0.15, -0.1) is 5.10 Å². The predicted octanol–water partition coefficient (Wildman–Crippen LogP) is 1.01. The Morgan fingerprint density at radius 3 is 2.95 bits per heavy atom. The first-order valence-corrected chi connectivity index (χ1v) is 6.50. The van der Waals surface area contributed by atoms with Crippen LogP contribution in [-0.2, 0) is 17.9 Å². The molecule has 1 aromatic heterocycles. The zero-order chi connectivity index (χ0) is 14.5. The molecule has 102 valence electrons. The smallest absolute Gasteiger partial charge is 0.246 e. The Morgan fingerprint density at radius 2 is 2.35 bits per heavy atom.